The van der Waals surface area contributed by atoms with Gasteiger partial charge in [0.15, 0.2) is 0 Å². The van der Waals surface area contributed by atoms with Gasteiger partial charge < -0.3 is 4.74 Å². The fourth-order valence-electron chi connectivity index (χ4n) is 5.86. The molecule has 2 atom stereocenters. The number of nitrogens with zero attached hydrogens (tertiary/aromatic N) is 2. The molecule has 3 aromatic carbocycles. The van der Waals surface area contributed by atoms with Gasteiger partial charge in [0.25, 0.3) is 0 Å². The van der Waals surface area contributed by atoms with Crippen LogP contribution < -0.4 is 0 Å². The third-order valence-corrected chi connectivity index (χ3v) is 7.64. The van der Waals surface area contributed by atoms with E-state index in [1.54, 1.807) is 0 Å². The largest absolute Gasteiger partial charge is 0.367 e. The quantitative estimate of drug-likeness (QED) is 0.376. The van der Waals surface area contributed by atoms with Gasteiger partial charge in [-0.25, -0.2) is 0 Å². The van der Waals surface area contributed by atoms with Crippen LogP contribution in [-0.4, -0.2) is 54.7 Å². The van der Waals surface area contributed by atoms with Crippen molar-refractivity contribution in [3.8, 4) is 0 Å². The van der Waals surface area contributed by atoms with E-state index in [0.29, 0.717) is 6.04 Å². The summed E-state index contributed by atoms with van der Waals surface area (Å²) >= 11 is 0. The van der Waals surface area contributed by atoms with E-state index in [9.17, 15) is 0 Å². The standard InChI is InChI=1S/C31H38N2O/c1-4-11-26(12-5-1)13-10-21-33-29-18-19-30(33)25-32(22-20-29)23-24-34-31(27-14-6-2-7-15-27)28-16-8-3-9-17-28/h1-9,11-12,14-17,29-31H,10,13,18-25H2/t29-,30+/m1/s1. The summed E-state index contributed by atoms with van der Waals surface area (Å²) < 4.78 is 6.52. The molecule has 5 rings (SSSR count). The smallest absolute Gasteiger partial charge is 0.108 e. The lowest BCUT2D eigenvalue weighted by molar-refractivity contribution is 0.0575. The zero-order valence-corrected chi connectivity index (χ0v) is 20.3. The number of ether oxygens (including phenoxy) is 1. The van der Waals surface area contributed by atoms with Gasteiger partial charge in [-0.3, -0.25) is 9.80 Å². The van der Waals surface area contributed by atoms with Crippen LogP contribution in [0.3, 0.4) is 0 Å². The SMILES string of the molecule is c1ccc(CCCN2[C@@H]3CC[C@H]2CN(CCOC(c2ccccc2)c2ccccc2)CC3)cc1. The molecule has 2 heterocycles. The highest BCUT2D eigenvalue weighted by atomic mass is 16.5. The molecule has 3 nitrogen and oxygen atoms in total. The van der Waals surface area contributed by atoms with Gasteiger partial charge in [-0.05, 0) is 61.9 Å². The van der Waals surface area contributed by atoms with Crippen molar-refractivity contribution in [1.29, 1.82) is 0 Å². The first-order chi connectivity index (χ1) is 16.9. The zero-order valence-electron chi connectivity index (χ0n) is 20.3. The van der Waals surface area contributed by atoms with Crippen LogP contribution in [0.1, 0.15) is 48.5 Å². The molecule has 0 amide bonds. The molecular weight excluding hydrogens is 416 g/mol. The summed E-state index contributed by atoms with van der Waals surface area (Å²) in [4.78, 5) is 5.49. The molecule has 0 saturated carbocycles. The molecule has 2 bridgehead atoms. The summed E-state index contributed by atoms with van der Waals surface area (Å²) in [5, 5.41) is 0. The van der Waals surface area contributed by atoms with E-state index < -0.39 is 0 Å². The fourth-order valence-corrected chi connectivity index (χ4v) is 5.86. The third kappa shape index (κ3) is 5.96. The molecular formula is C31H38N2O. The Morgan fingerprint density at radius 2 is 1.32 bits per heavy atom. The highest BCUT2D eigenvalue weighted by Crippen LogP contribution is 2.31. The second-order valence-corrected chi connectivity index (χ2v) is 9.87. The lowest BCUT2D eigenvalue weighted by Gasteiger charge is -2.29. The van der Waals surface area contributed by atoms with E-state index >= 15 is 0 Å². The van der Waals surface area contributed by atoms with Crippen molar-refractivity contribution in [1.82, 2.24) is 9.80 Å². The molecule has 0 unspecified atom stereocenters. The van der Waals surface area contributed by atoms with Crippen molar-refractivity contribution in [2.45, 2.75) is 50.3 Å². The van der Waals surface area contributed by atoms with Crippen LogP contribution in [0.2, 0.25) is 0 Å². The van der Waals surface area contributed by atoms with Crippen LogP contribution in [0.15, 0.2) is 91.0 Å². The molecule has 178 valence electrons. The molecule has 2 saturated heterocycles. The van der Waals surface area contributed by atoms with Crippen LogP contribution in [0.5, 0.6) is 0 Å². The average Bonchev–Trinajstić information content (AvgIpc) is 3.18. The minimum Gasteiger partial charge on any atom is -0.367 e. The molecule has 2 aliphatic heterocycles. The minimum absolute atomic E-state index is 0.000291. The predicted octanol–water partition coefficient (Wildman–Crippen LogP) is 5.96. The molecule has 2 fully saturated rings. The van der Waals surface area contributed by atoms with Crippen molar-refractivity contribution >= 4 is 0 Å². The Balaban J connectivity index is 1.14. The highest BCUT2D eigenvalue weighted by molar-refractivity contribution is 5.29. The molecule has 2 aliphatic rings. The lowest BCUT2D eigenvalue weighted by atomic mass is 10.0. The number of rotatable bonds is 10. The molecule has 3 aromatic rings. The Bertz CT molecular complexity index is 939. The fraction of sp³-hybridized carbons (Fsp3) is 0.419. The maximum absolute atomic E-state index is 6.52. The number of benzene rings is 3. The number of fused-ring (bicyclic) bond motifs is 2. The first-order valence-corrected chi connectivity index (χ1v) is 13.1. The average molecular weight is 455 g/mol. The van der Waals surface area contributed by atoms with E-state index in [0.717, 1.165) is 19.2 Å². The highest BCUT2D eigenvalue weighted by Gasteiger charge is 2.36. The number of hydrogen-bond acceptors (Lipinski definition) is 3. The first kappa shape index (κ1) is 23.3. The van der Waals surface area contributed by atoms with Crippen LogP contribution in [-0.2, 0) is 11.2 Å². The van der Waals surface area contributed by atoms with Crippen molar-refractivity contribution in [2.75, 3.05) is 32.8 Å². The number of hydrogen-bond donors (Lipinski definition) is 0. The summed E-state index contributed by atoms with van der Waals surface area (Å²) in [5.41, 5.74) is 3.93. The van der Waals surface area contributed by atoms with Crippen molar-refractivity contribution in [2.24, 2.45) is 0 Å². The Morgan fingerprint density at radius 3 is 2.00 bits per heavy atom. The number of aryl methyl sites for hydroxylation is 1. The second kappa shape index (κ2) is 11.8. The second-order valence-electron chi connectivity index (χ2n) is 9.87. The molecule has 34 heavy (non-hydrogen) atoms. The van der Waals surface area contributed by atoms with Gasteiger partial charge in [0, 0.05) is 25.2 Å². The molecule has 0 N–H and O–H groups in total. The predicted molar refractivity (Wildman–Crippen MR) is 140 cm³/mol. The summed E-state index contributed by atoms with van der Waals surface area (Å²) in [6.45, 7) is 5.39. The molecule has 0 spiro atoms. The summed E-state index contributed by atoms with van der Waals surface area (Å²) in [6, 6.07) is 33.7. The van der Waals surface area contributed by atoms with E-state index in [1.165, 1.54) is 68.4 Å². The van der Waals surface area contributed by atoms with Crippen LogP contribution in [0, 0.1) is 0 Å². The van der Waals surface area contributed by atoms with Crippen molar-refractivity contribution in [3.63, 3.8) is 0 Å². The monoisotopic (exact) mass is 454 g/mol. The van der Waals surface area contributed by atoms with Crippen LogP contribution in [0.4, 0.5) is 0 Å². The zero-order chi connectivity index (χ0) is 23.0. The molecule has 0 radical (unpaired) electrons. The Kier molecular flexibility index (Phi) is 8.08. The van der Waals surface area contributed by atoms with Gasteiger partial charge >= 0.3 is 0 Å². The van der Waals surface area contributed by atoms with Gasteiger partial charge in [0.05, 0.1) is 6.61 Å². The normalized spacial score (nSPS) is 21.1. The van der Waals surface area contributed by atoms with Crippen molar-refractivity contribution < 1.29 is 4.74 Å². The number of likely N-dealkylation sites (tertiary alicyclic amines) is 1. The van der Waals surface area contributed by atoms with Gasteiger partial charge in [-0.1, -0.05) is 91.0 Å². The van der Waals surface area contributed by atoms with E-state index in [2.05, 4.69) is 101 Å². The Hall–Kier alpha value is -2.46. The van der Waals surface area contributed by atoms with Crippen LogP contribution in [0.25, 0.3) is 0 Å². The lowest BCUT2D eigenvalue weighted by Crippen LogP contribution is -2.40. The Morgan fingerprint density at radius 1 is 0.706 bits per heavy atom. The maximum atomic E-state index is 6.52. The summed E-state index contributed by atoms with van der Waals surface area (Å²) in [6.07, 6.45) is 6.47. The van der Waals surface area contributed by atoms with E-state index in [4.69, 9.17) is 4.74 Å². The molecule has 3 heteroatoms. The Labute approximate surface area is 205 Å². The molecule has 0 aromatic heterocycles. The van der Waals surface area contributed by atoms with Crippen LogP contribution >= 0.6 is 0 Å². The van der Waals surface area contributed by atoms with Gasteiger partial charge in [-0.2, -0.15) is 0 Å². The summed E-state index contributed by atoms with van der Waals surface area (Å²) in [5.74, 6) is 0. The minimum atomic E-state index is 0.000291. The van der Waals surface area contributed by atoms with Gasteiger partial charge in [0.2, 0.25) is 0 Å². The van der Waals surface area contributed by atoms with Crippen molar-refractivity contribution in [3.05, 3.63) is 108 Å². The van der Waals surface area contributed by atoms with E-state index in [-0.39, 0.29) is 6.10 Å². The van der Waals surface area contributed by atoms with Gasteiger partial charge in [-0.15, -0.1) is 0 Å². The van der Waals surface area contributed by atoms with E-state index in [1.807, 2.05) is 0 Å². The van der Waals surface area contributed by atoms with Gasteiger partial charge in [0.1, 0.15) is 6.10 Å². The third-order valence-electron chi connectivity index (χ3n) is 7.64. The molecule has 0 aliphatic carbocycles. The maximum Gasteiger partial charge on any atom is 0.108 e. The topological polar surface area (TPSA) is 15.7 Å². The summed E-state index contributed by atoms with van der Waals surface area (Å²) in [7, 11) is 0. The first-order valence-electron chi connectivity index (χ1n) is 13.1.